The smallest absolute Gasteiger partial charge is 0.257 e. The van der Waals surface area contributed by atoms with Crippen LogP contribution < -0.4 is 10.6 Å². The molecule has 2 N–H and O–H groups in total. The lowest BCUT2D eigenvalue weighted by Crippen LogP contribution is -2.35. The van der Waals surface area contributed by atoms with Gasteiger partial charge >= 0.3 is 0 Å². The molecular formula is C18H18F2N2O2. The van der Waals surface area contributed by atoms with Crippen LogP contribution in [0.15, 0.2) is 48.5 Å². The average molecular weight is 332 g/mol. The van der Waals surface area contributed by atoms with Crippen molar-refractivity contribution in [2.45, 2.75) is 12.8 Å². The molecular weight excluding hydrogens is 314 g/mol. The first kappa shape index (κ1) is 17.6. The van der Waals surface area contributed by atoms with Gasteiger partial charge in [0.25, 0.3) is 5.91 Å². The molecule has 6 heteroatoms. The van der Waals surface area contributed by atoms with E-state index in [1.54, 1.807) is 0 Å². The van der Waals surface area contributed by atoms with E-state index in [0.29, 0.717) is 12.8 Å². The number of benzene rings is 2. The van der Waals surface area contributed by atoms with E-state index in [1.165, 1.54) is 6.07 Å². The zero-order chi connectivity index (χ0) is 17.4. The van der Waals surface area contributed by atoms with Gasteiger partial charge in [-0.15, -0.1) is 0 Å². The molecule has 126 valence electrons. The van der Waals surface area contributed by atoms with Crippen molar-refractivity contribution >= 4 is 11.8 Å². The summed E-state index contributed by atoms with van der Waals surface area (Å²) in [6, 6.07) is 12.8. The zero-order valence-electron chi connectivity index (χ0n) is 13.0. The van der Waals surface area contributed by atoms with Gasteiger partial charge in [0.1, 0.15) is 17.2 Å². The summed E-state index contributed by atoms with van der Waals surface area (Å²) in [6.45, 7) is 0.277. The SMILES string of the molecule is O=C(CCc1ccccc1)NCCNC(=O)c1c(F)cccc1F. The summed E-state index contributed by atoms with van der Waals surface area (Å²) < 4.78 is 26.9. The van der Waals surface area contributed by atoms with Crippen molar-refractivity contribution in [2.75, 3.05) is 13.1 Å². The Hall–Kier alpha value is -2.76. The summed E-state index contributed by atoms with van der Waals surface area (Å²) in [5.74, 6) is -2.83. The minimum Gasteiger partial charge on any atom is -0.354 e. The van der Waals surface area contributed by atoms with E-state index in [2.05, 4.69) is 10.6 Å². The molecule has 2 amide bonds. The summed E-state index contributed by atoms with van der Waals surface area (Å²) >= 11 is 0. The Morgan fingerprint density at radius 1 is 0.833 bits per heavy atom. The topological polar surface area (TPSA) is 58.2 Å². The Morgan fingerprint density at radius 3 is 2.12 bits per heavy atom. The van der Waals surface area contributed by atoms with Crippen LogP contribution in [-0.4, -0.2) is 24.9 Å². The van der Waals surface area contributed by atoms with Crippen LogP contribution in [0, 0.1) is 11.6 Å². The number of nitrogens with one attached hydrogen (secondary N) is 2. The standard InChI is InChI=1S/C18H18F2N2O2/c19-14-7-4-8-15(20)17(14)18(24)22-12-11-21-16(23)10-9-13-5-2-1-3-6-13/h1-8H,9-12H2,(H,21,23)(H,22,24). The Morgan fingerprint density at radius 2 is 1.46 bits per heavy atom. The van der Waals surface area contributed by atoms with E-state index in [9.17, 15) is 18.4 Å². The predicted molar refractivity (Wildman–Crippen MR) is 86.5 cm³/mol. The molecule has 0 aromatic heterocycles. The van der Waals surface area contributed by atoms with Gasteiger partial charge in [-0.25, -0.2) is 8.78 Å². The first-order valence-electron chi connectivity index (χ1n) is 7.61. The van der Waals surface area contributed by atoms with E-state index in [0.717, 1.165) is 17.7 Å². The van der Waals surface area contributed by atoms with Crippen LogP contribution in [-0.2, 0) is 11.2 Å². The van der Waals surface area contributed by atoms with Gasteiger partial charge in [-0.05, 0) is 24.1 Å². The number of amides is 2. The monoisotopic (exact) mass is 332 g/mol. The van der Waals surface area contributed by atoms with Gasteiger partial charge in [-0.2, -0.15) is 0 Å². The molecule has 0 bridgehead atoms. The second-order valence-electron chi connectivity index (χ2n) is 5.19. The fourth-order valence-corrected chi connectivity index (χ4v) is 2.17. The summed E-state index contributed by atoms with van der Waals surface area (Å²) in [5.41, 5.74) is 0.448. The molecule has 0 saturated carbocycles. The average Bonchev–Trinajstić information content (AvgIpc) is 2.57. The second-order valence-corrected chi connectivity index (χ2v) is 5.19. The molecule has 0 saturated heterocycles. The third kappa shape index (κ3) is 5.15. The van der Waals surface area contributed by atoms with E-state index >= 15 is 0 Å². The maximum atomic E-state index is 13.4. The van der Waals surface area contributed by atoms with Gasteiger partial charge < -0.3 is 10.6 Å². The highest BCUT2D eigenvalue weighted by Crippen LogP contribution is 2.11. The van der Waals surface area contributed by atoms with E-state index < -0.39 is 23.1 Å². The number of aryl methyl sites for hydroxylation is 1. The zero-order valence-corrected chi connectivity index (χ0v) is 13.0. The van der Waals surface area contributed by atoms with Crippen molar-refractivity contribution in [1.29, 1.82) is 0 Å². The summed E-state index contributed by atoms with van der Waals surface area (Å²) in [5, 5.41) is 5.02. The Bertz CT molecular complexity index is 685. The Kier molecular flexibility index (Phi) is 6.42. The molecule has 2 rings (SSSR count). The molecule has 2 aromatic carbocycles. The minimum atomic E-state index is -0.917. The number of hydrogen-bond donors (Lipinski definition) is 2. The third-order valence-corrected chi connectivity index (χ3v) is 3.41. The fourth-order valence-electron chi connectivity index (χ4n) is 2.17. The van der Waals surface area contributed by atoms with Crippen molar-refractivity contribution in [2.24, 2.45) is 0 Å². The Balaban J connectivity index is 1.69. The molecule has 0 spiro atoms. The number of carbonyl (C=O) groups excluding carboxylic acids is 2. The highest BCUT2D eigenvalue weighted by Gasteiger charge is 2.16. The summed E-state index contributed by atoms with van der Waals surface area (Å²) in [4.78, 5) is 23.4. The van der Waals surface area contributed by atoms with E-state index in [1.807, 2.05) is 30.3 Å². The van der Waals surface area contributed by atoms with Gasteiger partial charge in [0, 0.05) is 19.5 Å². The van der Waals surface area contributed by atoms with Crippen molar-refractivity contribution in [3.05, 3.63) is 71.3 Å². The van der Waals surface area contributed by atoms with Gasteiger partial charge in [0.15, 0.2) is 0 Å². The van der Waals surface area contributed by atoms with Gasteiger partial charge in [-0.1, -0.05) is 36.4 Å². The molecule has 0 fully saturated rings. The van der Waals surface area contributed by atoms with Crippen LogP contribution in [0.2, 0.25) is 0 Å². The first-order valence-corrected chi connectivity index (χ1v) is 7.61. The highest BCUT2D eigenvalue weighted by atomic mass is 19.1. The third-order valence-electron chi connectivity index (χ3n) is 3.41. The second kappa shape index (κ2) is 8.76. The molecule has 0 aliphatic rings. The van der Waals surface area contributed by atoms with Crippen LogP contribution in [0.3, 0.4) is 0 Å². The summed E-state index contributed by atoms with van der Waals surface area (Å²) in [7, 11) is 0. The maximum absolute atomic E-state index is 13.4. The fraction of sp³-hybridized carbons (Fsp3) is 0.222. The normalized spacial score (nSPS) is 10.2. The molecule has 0 radical (unpaired) electrons. The largest absolute Gasteiger partial charge is 0.354 e. The minimum absolute atomic E-state index is 0.0870. The number of carbonyl (C=O) groups is 2. The van der Waals surface area contributed by atoms with Crippen LogP contribution in [0.1, 0.15) is 22.3 Å². The molecule has 0 aliphatic carbocycles. The van der Waals surface area contributed by atoms with Crippen molar-refractivity contribution in [1.82, 2.24) is 10.6 Å². The highest BCUT2D eigenvalue weighted by molar-refractivity contribution is 5.94. The quantitative estimate of drug-likeness (QED) is 0.765. The van der Waals surface area contributed by atoms with Crippen molar-refractivity contribution < 1.29 is 18.4 Å². The molecule has 2 aromatic rings. The van der Waals surface area contributed by atoms with Crippen LogP contribution >= 0.6 is 0 Å². The predicted octanol–water partition coefficient (Wildman–Crippen LogP) is 2.44. The molecule has 0 unspecified atom stereocenters. The number of halogens is 2. The molecule has 0 heterocycles. The molecule has 24 heavy (non-hydrogen) atoms. The Labute approximate surface area is 138 Å². The first-order chi connectivity index (χ1) is 11.6. The van der Waals surface area contributed by atoms with E-state index in [-0.39, 0.29) is 19.0 Å². The number of rotatable bonds is 7. The van der Waals surface area contributed by atoms with Crippen molar-refractivity contribution in [3.8, 4) is 0 Å². The lowest BCUT2D eigenvalue weighted by Gasteiger charge is -2.08. The van der Waals surface area contributed by atoms with Gasteiger partial charge in [0.2, 0.25) is 5.91 Å². The maximum Gasteiger partial charge on any atom is 0.257 e. The number of hydrogen-bond acceptors (Lipinski definition) is 2. The summed E-state index contributed by atoms with van der Waals surface area (Å²) in [6.07, 6.45) is 0.958. The van der Waals surface area contributed by atoms with E-state index in [4.69, 9.17) is 0 Å². The van der Waals surface area contributed by atoms with Gasteiger partial charge in [-0.3, -0.25) is 9.59 Å². The van der Waals surface area contributed by atoms with Crippen LogP contribution in [0.25, 0.3) is 0 Å². The lowest BCUT2D eigenvalue weighted by molar-refractivity contribution is -0.121. The lowest BCUT2D eigenvalue weighted by atomic mass is 10.1. The molecule has 4 nitrogen and oxygen atoms in total. The van der Waals surface area contributed by atoms with Crippen LogP contribution in [0.5, 0.6) is 0 Å². The van der Waals surface area contributed by atoms with Gasteiger partial charge in [0.05, 0.1) is 0 Å². The van der Waals surface area contributed by atoms with Crippen molar-refractivity contribution in [3.63, 3.8) is 0 Å². The molecule has 0 atom stereocenters. The molecule has 0 aliphatic heterocycles. The van der Waals surface area contributed by atoms with Crippen LogP contribution in [0.4, 0.5) is 8.78 Å².